The quantitative estimate of drug-likeness (QED) is 0.571. The van der Waals surface area contributed by atoms with Gasteiger partial charge in [0.05, 0.1) is 20.3 Å². The molecule has 0 unspecified atom stereocenters. The van der Waals surface area contributed by atoms with Crippen LogP contribution in [0.25, 0.3) is 0 Å². The first-order valence-electron chi connectivity index (χ1n) is 4.15. The van der Waals surface area contributed by atoms with Crippen LogP contribution in [0.3, 0.4) is 0 Å². The third kappa shape index (κ3) is 1.95. The normalized spacial score (nSPS) is 19.8. The number of rotatable bonds is 4. The average molecular weight is 173 g/mol. The van der Waals surface area contributed by atoms with Crippen LogP contribution in [-0.2, 0) is 9.53 Å². The fourth-order valence-electron chi connectivity index (χ4n) is 1.33. The molecule has 4 heteroatoms. The maximum atomic E-state index is 10.7. The molecule has 1 saturated carbocycles. The molecule has 0 bridgehead atoms. The molecule has 0 saturated heterocycles. The van der Waals surface area contributed by atoms with Crippen molar-refractivity contribution in [3.8, 4) is 0 Å². The van der Waals surface area contributed by atoms with Crippen LogP contribution < -0.4 is 5.32 Å². The molecule has 0 amide bonds. The van der Waals surface area contributed by atoms with Crippen molar-refractivity contribution in [1.82, 2.24) is 5.32 Å². The van der Waals surface area contributed by atoms with E-state index in [0.717, 1.165) is 19.3 Å². The summed E-state index contributed by atoms with van der Waals surface area (Å²) in [4.78, 5) is 10.7. The van der Waals surface area contributed by atoms with Crippen LogP contribution in [0, 0.1) is 0 Å². The fourth-order valence-corrected chi connectivity index (χ4v) is 1.33. The van der Waals surface area contributed by atoms with Crippen LogP contribution in [0.4, 0.5) is 0 Å². The summed E-state index contributed by atoms with van der Waals surface area (Å²) in [5.74, 6) is -0.283. The highest BCUT2D eigenvalue weighted by Crippen LogP contribution is 2.30. The number of aliphatic hydroxyl groups is 1. The minimum Gasteiger partial charge on any atom is -0.468 e. The first kappa shape index (κ1) is 9.48. The third-order valence-electron chi connectivity index (χ3n) is 2.45. The zero-order valence-corrected chi connectivity index (χ0v) is 7.30. The maximum Gasteiger partial charge on any atom is 0.319 e. The molecule has 1 aliphatic carbocycles. The molecule has 1 rings (SSSR count). The SMILES string of the molecule is COC(=O)CNC1(CO)CCC1. The number of nitrogens with one attached hydrogen (secondary N) is 1. The first-order chi connectivity index (χ1) is 5.72. The van der Waals surface area contributed by atoms with E-state index in [1.165, 1.54) is 7.11 Å². The highest BCUT2D eigenvalue weighted by molar-refractivity contribution is 5.71. The largest absolute Gasteiger partial charge is 0.468 e. The minimum atomic E-state index is -0.283. The summed E-state index contributed by atoms with van der Waals surface area (Å²) in [5, 5.41) is 12.0. The Morgan fingerprint density at radius 3 is 2.67 bits per heavy atom. The fraction of sp³-hybridized carbons (Fsp3) is 0.875. The summed E-state index contributed by atoms with van der Waals surface area (Å²) in [5.41, 5.74) is -0.200. The standard InChI is InChI=1S/C8H15NO3/c1-12-7(11)5-9-8(6-10)3-2-4-8/h9-10H,2-6H2,1H3. The first-order valence-corrected chi connectivity index (χ1v) is 4.15. The van der Waals surface area contributed by atoms with Gasteiger partial charge in [-0.25, -0.2) is 0 Å². The maximum absolute atomic E-state index is 10.7. The second-order valence-corrected chi connectivity index (χ2v) is 3.22. The van der Waals surface area contributed by atoms with Crippen molar-refractivity contribution in [3.63, 3.8) is 0 Å². The Hall–Kier alpha value is -0.610. The Morgan fingerprint density at radius 2 is 2.33 bits per heavy atom. The number of esters is 1. The summed E-state index contributed by atoms with van der Waals surface area (Å²) in [6.07, 6.45) is 3.01. The molecule has 12 heavy (non-hydrogen) atoms. The summed E-state index contributed by atoms with van der Waals surface area (Å²) < 4.78 is 4.48. The lowest BCUT2D eigenvalue weighted by Crippen LogP contribution is -2.55. The molecule has 70 valence electrons. The van der Waals surface area contributed by atoms with E-state index in [1.807, 2.05) is 0 Å². The summed E-state index contributed by atoms with van der Waals surface area (Å²) in [6.45, 7) is 0.293. The molecule has 0 atom stereocenters. The van der Waals surface area contributed by atoms with Crippen molar-refractivity contribution in [1.29, 1.82) is 0 Å². The van der Waals surface area contributed by atoms with Gasteiger partial charge < -0.3 is 9.84 Å². The predicted molar refractivity (Wildman–Crippen MR) is 43.7 cm³/mol. The van der Waals surface area contributed by atoms with E-state index in [2.05, 4.69) is 10.1 Å². The molecular weight excluding hydrogens is 158 g/mol. The van der Waals surface area contributed by atoms with Crippen molar-refractivity contribution >= 4 is 5.97 Å². The molecule has 4 nitrogen and oxygen atoms in total. The number of hydrogen-bond donors (Lipinski definition) is 2. The van der Waals surface area contributed by atoms with Gasteiger partial charge in [-0.05, 0) is 19.3 Å². The van der Waals surface area contributed by atoms with Gasteiger partial charge in [-0.3, -0.25) is 10.1 Å². The Kier molecular flexibility index (Phi) is 3.05. The molecule has 0 aromatic rings. The van der Waals surface area contributed by atoms with Crippen molar-refractivity contribution in [2.24, 2.45) is 0 Å². The predicted octanol–water partition coefficient (Wildman–Crippen LogP) is -0.336. The van der Waals surface area contributed by atoms with Gasteiger partial charge in [-0.1, -0.05) is 0 Å². The van der Waals surface area contributed by atoms with E-state index >= 15 is 0 Å². The molecule has 0 heterocycles. The van der Waals surface area contributed by atoms with Gasteiger partial charge in [-0.15, -0.1) is 0 Å². The summed E-state index contributed by atoms with van der Waals surface area (Å²) in [7, 11) is 1.36. The number of methoxy groups -OCH3 is 1. The van der Waals surface area contributed by atoms with Gasteiger partial charge in [0.1, 0.15) is 0 Å². The Morgan fingerprint density at radius 1 is 1.67 bits per heavy atom. The lowest BCUT2D eigenvalue weighted by molar-refractivity contribution is -0.140. The Labute approximate surface area is 71.9 Å². The Bertz CT molecular complexity index is 160. The molecule has 0 radical (unpaired) electrons. The van der Waals surface area contributed by atoms with E-state index in [9.17, 15) is 4.79 Å². The van der Waals surface area contributed by atoms with Gasteiger partial charge >= 0.3 is 5.97 Å². The van der Waals surface area contributed by atoms with Crippen LogP contribution in [0.1, 0.15) is 19.3 Å². The van der Waals surface area contributed by atoms with Gasteiger partial charge in [0.25, 0.3) is 0 Å². The number of hydrogen-bond acceptors (Lipinski definition) is 4. The molecule has 0 aliphatic heterocycles. The zero-order chi connectivity index (χ0) is 9.03. The Balaban J connectivity index is 2.24. The van der Waals surface area contributed by atoms with E-state index in [1.54, 1.807) is 0 Å². The number of carbonyl (C=O) groups is 1. The van der Waals surface area contributed by atoms with Crippen LogP contribution in [0.5, 0.6) is 0 Å². The molecule has 2 N–H and O–H groups in total. The molecule has 0 aromatic carbocycles. The number of ether oxygens (including phenoxy) is 1. The van der Waals surface area contributed by atoms with Crippen LogP contribution >= 0.6 is 0 Å². The van der Waals surface area contributed by atoms with E-state index < -0.39 is 0 Å². The lowest BCUT2D eigenvalue weighted by atomic mass is 9.77. The number of carbonyl (C=O) groups excluding carboxylic acids is 1. The second kappa shape index (κ2) is 3.87. The third-order valence-corrected chi connectivity index (χ3v) is 2.45. The van der Waals surface area contributed by atoms with Crippen LogP contribution in [-0.4, -0.2) is 36.9 Å². The smallest absolute Gasteiger partial charge is 0.319 e. The van der Waals surface area contributed by atoms with Crippen molar-refractivity contribution < 1.29 is 14.6 Å². The second-order valence-electron chi connectivity index (χ2n) is 3.22. The van der Waals surface area contributed by atoms with Gasteiger partial charge in [0.15, 0.2) is 0 Å². The van der Waals surface area contributed by atoms with Crippen molar-refractivity contribution in [3.05, 3.63) is 0 Å². The minimum absolute atomic E-state index is 0.101. The molecular formula is C8H15NO3. The topological polar surface area (TPSA) is 58.6 Å². The summed E-state index contributed by atoms with van der Waals surface area (Å²) >= 11 is 0. The van der Waals surface area contributed by atoms with Crippen LogP contribution in [0.15, 0.2) is 0 Å². The average Bonchev–Trinajstić information content (AvgIpc) is 2.03. The highest BCUT2D eigenvalue weighted by Gasteiger charge is 2.36. The molecule has 1 aliphatic rings. The summed E-state index contributed by atoms with van der Waals surface area (Å²) in [6, 6.07) is 0. The zero-order valence-electron chi connectivity index (χ0n) is 7.30. The van der Waals surface area contributed by atoms with Gasteiger partial charge in [0, 0.05) is 5.54 Å². The van der Waals surface area contributed by atoms with Crippen LogP contribution in [0.2, 0.25) is 0 Å². The lowest BCUT2D eigenvalue weighted by Gasteiger charge is -2.40. The van der Waals surface area contributed by atoms with E-state index in [4.69, 9.17) is 5.11 Å². The van der Waals surface area contributed by atoms with E-state index in [0.29, 0.717) is 0 Å². The molecule has 0 spiro atoms. The van der Waals surface area contributed by atoms with Gasteiger partial charge in [-0.2, -0.15) is 0 Å². The molecule has 0 aromatic heterocycles. The van der Waals surface area contributed by atoms with Crippen molar-refractivity contribution in [2.75, 3.05) is 20.3 Å². The van der Waals surface area contributed by atoms with Crippen molar-refractivity contribution in [2.45, 2.75) is 24.8 Å². The number of aliphatic hydroxyl groups excluding tert-OH is 1. The highest BCUT2D eigenvalue weighted by atomic mass is 16.5. The van der Waals surface area contributed by atoms with E-state index in [-0.39, 0.29) is 24.7 Å². The molecule has 1 fully saturated rings. The monoisotopic (exact) mass is 173 g/mol. The van der Waals surface area contributed by atoms with Gasteiger partial charge in [0.2, 0.25) is 0 Å².